The molecule has 0 unspecified atom stereocenters. The summed E-state index contributed by atoms with van der Waals surface area (Å²) in [4.78, 5) is 11.4. The molecule has 2 heterocycles. The van der Waals surface area contributed by atoms with E-state index >= 15 is 0 Å². The molecule has 2 aliphatic rings. The lowest BCUT2D eigenvalue weighted by molar-refractivity contribution is -0.136. The Hall–Kier alpha value is -1.77. The van der Waals surface area contributed by atoms with E-state index in [9.17, 15) is 9.90 Å². The highest BCUT2D eigenvalue weighted by Crippen LogP contribution is 2.35. The Balaban J connectivity index is 1.78. The maximum atomic E-state index is 11.4. The number of carbonyl (C=O) groups is 1. The molecule has 4 rings (SSSR count). The van der Waals surface area contributed by atoms with Crippen LogP contribution in [0.25, 0.3) is 10.9 Å². The van der Waals surface area contributed by atoms with Crippen LogP contribution in [0.2, 0.25) is 0 Å². The van der Waals surface area contributed by atoms with Crippen molar-refractivity contribution >= 4 is 16.9 Å². The molecule has 0 radical (unpaired) electrons. The van der Waals surface area contributed by atoms with Gasteiger partial charge in [-0.15, -0.1) is 0 Å². The van der Waals surface area contributed by atoms with Crippen LogP contribution in [0.1, 0.15) is 60.9 Å². The van der Waals surface area contributed by atoms with Crippen molar-refractivity contribution in [2.24, 2.45) is 5.92 Å². The summed E-state index contributed by atoms with van der Waals surface area (Å²) in [6, 6.07) is 4.72. The number of nitrogens with zero attached hydrogens (tertiary/aromatic N) is 1. The molecule has 0 amide bonds. The van der Waals surface area contributed by atoms with E-state index in [0.717, 1.165) is 36.6 Å². The molecule has 3 heteroatoms. The van der Waals surface area contributed by atoms with Gasteiger partial charge >= 0.3 is 5.97 Å². The van der Waals surface area contributed by atoms with Crippen LogP contribution in [0.3, 0.4) is 0 Å². The number of aliphatic carboxylic acids is 1. The van der Waals surface area contributed by atoms with Crippen molar-refractivity contribution in [3.05, 3.63) is 34.5 Å². The minimum Gasteiger partial charge on any atom is -0.481 e. The first-order valence-corrected chi connectivity index (χ1v) is 9.48. The second kappa shape index (κ2) is 6.27. The zero-order valence-corrected chi connectivity index (χ0v) is 14.6. The van der Waals surface area contributed by atoms with Gasteiger partial charge in [-0.25, -0.2) is 0 Å². The van der Waals surface area contributed by atoms with Crippen LogP contribution in [0.5, 0.6) is 0 Å². The van der Waals surface area contributed by atoms with E-state index in [1.807, 2.05) is 0 Å². The second-order valence-electron chi connectivity index (χ2n) is 7.75. The lowest BCUT2D eigenvalue weighted by Crippen LogP contribution is -2.11. The number of carboxylic acids is 1. The molecule has 0 bridgehead atoms. The zero-order valence-electron chi connectivity index (χ0n) is 14.6. The fraction of sp³-hybridized carbons (Fsp3) is 0.571. The first-order chi connectivity index (χ1) is 11.6. The van der Waals surface area contributed by atoms with Crippen molar-refractivity contribution in [1.82, 2.24) is 4.57 Å². The largest absolute Gasteiger partial charge is 0.481 e. The molecule has 0 saturated heterocycles. The Morgan fingerprint density at radius 3 is 2.75 bits per heavy atom. The molecular formula is C21H27NO2. The first kappa shape index (κ1) is 15.7. The fourth-order valence-corrected chi connectivity index (χ4v) is 4.95. The monoisotopic (exact) mass is 325 g/mol. The molecule has 128 valence electrons. The van der Waals surface area contributed by atoms with E-state index < -0.39 is 5.97 Å². The molecule has 1 fully saturated rings. The van der Waals surface area contributed by atoms with Gasteiger partial charge in [0.15, 0.2) is 0 Å². The zero-order chi connectivity index (χ0) is 16.7. The van der Waals surface area contributed by atoms with Crippen LogP contribution in [-0.2, 0) is 30.6 Å². The Morgan fingerprint density at radius 1 is 1.21 bits per heavy atom. The summed E-state index contributed by atoms with van der Waals surface area (Å²) in [7, 11) is 0. The number of hydrogen-bond acceptors (Lipinski definition) is 1. The van der Waals surface area contributed by atoms with Crippen LogP contribution in [0.4, 0.5) is 0 Å². The van der Waals surface area contributed by atoms with Gasteiger partial charge in [0.25, 0.3) is 0 Å². The predicted octanol–water partition coefficient (Wildman–Crippen LogP) is 4.65. The van der Waals surface area contributed by atoms with Crippen LogP contribution in [0.15, 0.2) is 12.1 Å². The molecule has 24 heavy (non-hydrogen) atoms. The van der Waals surface area contributed by atoms with Crippen molar-refractivity contribution in [2.75, 3.05) is 0 Å². The molecule has 0 spiro atoms. The topological polar surface area (TPSA) is 42.2 Å². The highest BCUT2D eigenvalue weighted by Gasteiger charge is 2.23. The molecule has 2 aromatic rings. The molecule has 1 aliphatic carbocycles. The van der Waals surface area contributed by atoms with Gasteiger partial charge in [0.2, 0.25) is 0 Å². The summed E-state index contributed by atoms with van der Waals surface area (Å²) < 4.78 is 2.36. The van der Waals surface area contributed by atoms with E-state index in [0.29, 0.717) is 0 Å². The Kier molecular flexibility index (Phi) is 4.11. The Morgan fingerprint density at radius 2 is 2.00 bits per heavy atom. The summed E-state index contributed by atoms with van der Waals surface area (Å²) in [6.07, 6.45) is 10.5. The number of carboxylic acid groups (broad SMARTS) is 1. The van der Waals surface area contributed by atoms with Crippen LogP contribution in [-0.4, -0.2) is 15.6 Å². The van der Waals surface area contributed by atoms with E-state index in [4.69, 9.17) is 0 Å². The second-order valence-corrected chi connectivity index (χ2v) is 7.75. The smallest absolute Gasteiger partial charge is 0.307 e. The summed E-state index contributed by atoms with van der Waals surface area (Å²) in [5.41, 5.74) is 6.36. The quantitative estimate of drug-likeness (QED) is 0.889. The molecule has 1 aliphatic heterocycles. The predicted molar refractivity (Wildman–Crippen MR) is 96.6 cm³/mol. The lowest BCUT2D eigenvalue weighted by Gasteiger charge is -2.23. The minimum absolute atomic E-state index is 0.141. The summed E-state index contributed by atoms with van der Waals surface area (Å²) in [6.45, 7) is 3.12. The molecule has 1 saturated carbocycles. The number of aromatic nitrogens is 1. The minimum atomic E-state index is -0.726. The average Bonchev–Trinajstić information content (AvgIpc) is 2.83. The van der Waals surface area contributed by atoms with Crippen LogP contribution >= 0.6 is 0 Å². The van der Waals surface area contributed by atoms with E-state index in [1.165, 1.54) is 60.6 Å². The van der Waals surface area contributed by atoms with Crippen molar-refractivity contribution in [3.8, 4) is 0 Å². The van der Waals surface area contributed by atoms with Gasteiger partial charge in [0.05, 0.1) is 11.9 Å². The number of benzene rings is 1. The van der Waals surface area contributed by atoms with Crippen LogP contribution in [0, 0.1) is 12.8 Å². The van der Waals surface area contributed by atoms with Gasteiger partial charge in [-0.05, 0) is 54.9 Å². The molecule has 1 aromatic heterocycles. The maximum Gasteiger partial charge on any atom is 0.307 e. The van der Waals surface area contributed by atoms with Gasteiger partial charge in [-0.3, -0.25) is 4.79 Å². The third-order valence-corrected chi connectivity index (χ3v) is 6.09. The fourth-order valence-electron chi connectivity index (χ4n) is 4.95. The number of hydrogen-bond donors (Lipinski definition) is 1. The van der Waals surface area contributed by atoms with E-state index in [1.54, 1.807) is 0 Å². The normalized spacial score (nSPS) is 18.2. The number of rotatable bonds is 4. The van der Waals surface area contributed by atoms with Crippen molar-refractivity contribution < 1.29 is 9.90 Å². The van der Waals surface area contributed by atoms with Gasteiger partial charge in [-0.1, -0.05) is 38.2 Å². The molecule has 3 nitrogen and oxygen atoms in total. The summed E-state index contributed by atoms with van der Waals surface area (Å²) >= 11 is 0. The first-order valence-electron chi connectivity index (χ1n) is 9.48. The van der Waals surface area contributed by atoms with E-state index in [-0.39, 0.29) is 6.42 Å². The molecule has 1 aromatic carbocycles. The third kappa shape index (κ3) is 2.74. The molecular weight excluding hydrogens is 298 g/mol. The number of aryl methyl sites for hydroxylation is 2. The highest BCUT2D eigenvalue weighted by molar-refractivity contribution is 5.92. The van der Waals surface area contributed by atoms with E-state index in [2.05, 4.69) is 23.6 Å². The maximum absolute atomic E-state index is 11.4. The Labute approximate surface area is 143 Å². The van der Waals surface area contributed by atoms with Gasteiger partial charge in [0, 0.05) is 17.6 Å². The third-order valence-electron chi connectivity index (χ3n) is 6.09. The van der Waals surface area contributed by atoms with Crippen molar-refractivity contribution in [2.45, 2.75) is 71.3 Å². The van der Waals surface area contributed by atoms with Crippen molar-refractivity contribution in [1.29, 1.82) is 0 Å². The van der Waals surface area contributed by atoms with Crippen molar-refractivity contribution in [3.63, 3.8) is 0 Å². The highest BCUT2D eigenvalue weighted by atomic mass is 16.4. The summed E-state index contributed by atoms with van der Waals surface area (Å²) in [5, 5.41) is 10.5. The average molecular weight is 325 g/mol. The lowest BCUT2D eigenvalue weighted by atomic mass is 9.84. The SMILES string of the molecule is Cc1c(CC(=O)O)c2cc(CC3CCCCC3)cc3c2n1CCC3. The standard InChI is InChI=1S/C21H27NO2/c1-14-18(13-20(23)24)19-12-16(10-15-6-3-2-4-7-15)11-17-8-5-9-22(14)21(17)19/h11-12,15H,2-10,13H2,1H3,(H,23,24). The summed E-state index contributed by atoms with van der Waals surface area (Å²) in [5.74, 6) is 0.0914. The van der Waals surface area contributed by atoms with Crippen LogP contribution < -0.4 is 0 Å². The van der Waals surface area contributed by atoms with Gasteiger partial charge in [0.1, 0.15) is 0 Å². The van der Waals surface area contributed by atoms with Gasteiger partial charge < -0.3 is 9.67 Å². The molecule has 0 atom stereocenters. The van der Waals surface area contributed by atoms with Gasteiger partial charge in [-0.2, -0.15) is 0 Å². The molecule has 1 N–H and O–H groups in total. The Bertz CT molecular complexity index is 781.